The van der Waals surface area contributed by atoms with Gasteiger partial charge in [0.05, 0.1) is 17.8 Å². The van der Waals surface area contributed by atoms with Gasteiger partial charge in [-0.3, -0.25) is 4.79 Å². The van der Waals surface area contributed by atoms with E-state index in [2.05, 4.69) is 29.9 Å². The summed E-state index contributed by atoms with van der Waals surface area (Å²) in [6.45, 7) is 0.572. The first-order valence-corrected chi connectivity index (χ1v) is 10.2. The van der Waals surface area contributed by atoms with Crippen LogP contribution in [0.2, 0.25) is 0 Å². The molecule has 0 atom stereocenters. The Labute approximate surface area is 190 Å². The number of carbonyl (C=O) groups excluding carboxylic acids is 1. The zero-order valence-electron chi connectivity index (χ0n) is 17.5. The van der Waals surface area contributed by atoms with Gasteiger partial charge in [0.1, 0.15) is 17.8 Å². The molecule has 0 radical (unpaired) electrons. The fraction of sp³-hybridized carbons (Fsp3) is 0.182. The molecule has 0 bridgehead atoms. The van der Waals surface area contributed by atoms with E-state index in [0.717, 1.165) is 12.1 Å². The molecule has 0 fully saturated rings. The molecule has 34 heavy (non-hydrogen) atoms. The smallest absolute Gasteiger partial charge is 0.416 e. The van der Waals surface area contributed by atoms with E-state index in [1.165, 1.54) is 30.7 Å². The molecule has 5 rings (SSSR count). The van der Waals surface area contributed by atoms with Gasteiger partial charge in [0.25, 0.3) is 5.91 Å². The molecule has 4 aromatic rings. The Hall–Kier alpha value is -4.35. The molecule has 3 aromatic heterocycles. The molecule has 1 amide bonds. The summed E-state index contributed by atoms with van der Waals surface area (Å²) in [6, 6.07) is 5.90. The summed E-state index contributed by atoms with van der Waals surface area (Å²) in [5.74, 6) is 0.946. The molecular weight excluding hydrogens is 451 g/mol. The maximum absolute atomic E-state index is 13.1. The molecule has 1 aliphatic rings. The van der Waals surface area contributed by atoms with Gasteiger partial charge in [0, 0.05) is 30.7 Å². The van der Waals surface area contributed by atoms with Gasteiger partial charge in [-0.15, -0.1) is 0 Å². The van der Waals surface area contributed by atoms with Crippen molar-refractivity contribution in [3.05, 3.63) is 77.8 Å². The number of aromatic nitrogens is 6. The number of H-pyrrole nitrogens is 1. The summed E-state index contributed by atoms with van der Waals surface area (Å²) in [4.78, 5) is 38.5. The van der Waals surface area contributed by atoms with E-state index in [-0.39, 0.29) is 29.8 Å². The van der Waals surface area contributed by atoms with Crippen LogP contribution in [0, 0.1) is 0 Å². The number of alkyl halides is 3. The van der Waals surface area contributed by atoms with Crippen LogP contribution >= 0.6 is 0 Å². The predicted octanol–water partition coefficient (Wildman–Crippen LogP) is 3.67. The number of imidazole rings is 1. The Bertz CT molecular complexity index is 1330. The fourth-order valence-electron chi connectivity index (χ4n) is 3.55. The van der Waals surface area contributed by atoms with Crippen molar-refractivity contribution in [3.8, 4) is 23.3 Å². The molecule has 0 saturated heterocycles. The van der Waals surface area contributed by atoms with Gasteiger partial charge in [-0.25, -0.2) is 24.9 Å². The van der Waals surface area contributed by atoms with E-state index in [1.54, 1.807) is 17.3 Å². The fourth-order valence-corrected chi connectivity index (χ4v) is 3.55. The predicted molar refractivity (Wildman–Crippen MR) is 112 cm³/mol. The van der Waals surface area contributed by atoms with Crippen molar-refractivity contribution in [1.82, 2.24) is 34.8 Å². The number of amides is 1. The lowest BCUT2D eigenvalue weighted by Gasteiger charge is -2.28. The first-order valence-electron chi connectivity index (χ1n) is 10.2. The minimum atomic E-state index is -4.43. The lowest BCUT2D eigenvalue weighted by molar-refractivity contribution is -0.137. The molecule has 1 aliphatic heterocycles. The number of halogens is 3. The third kappa shape index (κ3) is 4.29. The lowest BCUT2D eigenvalue weighted by atomic mass is 10.1. The Kier molecular flexibility index (Phi) is 5.40. The highest BCUT2D eigenvalue weighted by molar-refractivity contribution is 5.92. The van der Waals surface area contributed by atoms with Gasteiger partial charge in [-0.1, -0.05) is 0 Å². The van der Waals surface area contributed by atoms with Crippen LogP contribution in [0.5, 0.6) is 11.6 Å². The summed E-state index contributed by atoms with van der Waals surface area (Å²) in [5, 5.41) is 0. The van der Waals surface area contributed by atoms with Gasteiger partial charge in [-0.05, 0) is 36.8 Å². The monoisotopic (exact) mass is 467 g/mol. The second kappa shape index (κ2) is 8.54. The van der Waals surface area contributed by atoms with Crippen molar-refractivity contribution >= 4 is 5.91 Å². The number of fused-ring (bicyclic) bond motifs is 1. The van der Waals surface area contributed by atoms with Crippen molar-refractivity contribution in [3.63, 3.8) is 0 Å². The number of benzene rings is 1. The molecule has 172 valence electrons. The topological polar surface area (TPSA) is 110 Å². The first-order chi connectivity index (χ1) is 16.4. The average Bonchev–Trinajstić information content (AvgIpc) is 3.38. The number of rotatable bonds is 4. The molecule has 0 spiro atoms. The molecule has 12 heteroatoms. The first kappa shape index (κ1) is 21.5. The summed E-state index contributed by atoms with van der Waals surface area (Å²) in [7, 11) is 0. The Morgan fingerprint density at radius 2 is 1.85 bits per heavy atom. The lowest BCUT2D eigenvalue weighted by Crippen LogP contribution is -2.37. The maximum atomic E-state index is 13.1. The third-order valence-electron chi connectivity index (χ3n) is 5.24. The summed E-state index contributed by atoms with van der Waals surface area (Å²) in [5.41, 5.74) is 0.751. The molecule has 1 N–H and O–H groups in total. The standard InChI is InChI=1S/C22H16F3N7O2/c23-22(24,25)13-1-3-14(4-2-13)34-20-15-6-10-32(11-17(15)29-12-30-20)21(33)16-5-7-26-19(31-16)18-27-8-9-28-18/h1-5,7-9,12H,6,10-11H2,(H,27,28). The minimum Gasteiger partial charge on any atom is -0.439 e. The number of ether oxygens (including phenoxy) is 1. The molecule has 0 aliphatic carbocycles. The van der Waals surface area contributed by atoms with Crippen LogP contribution in [0.4, 0.5) is 13.2 Å². The van der Waals surface area contributed by atoms with E-state index in [4.69, 9.17) is 4.74 Å². The largest absolute Gasteiger partial charge is 0.439 e. The van der Waals surface area contributed by atoms with E-state index < -0.39 is 11.7 Å². The number of carbonyl (C=O) groups is 1. The van der Waals surface area contributed by atoms with Crippen molar-refractivity contribution in [2.45, 2.75) is 19.1 Å². The molecule has 1 aromatic carbocycles. The highest BCUT2D eigenvalue weighted by Gasteiger charge is 2.30. The third-order valence-corrected chi connectivity index (χ3v) is 5.24. The SMILES string of the molecule is O=C(c1ccnc(-c2ncc[nH]2)n1)N1CCc2c(ncnc2Oc2ccc(C(F)(F)F)cc2)C1. The van der Waals surface area contributed by atoms with Crippen LogP contribution < -0.4 is 4.74 Å². The van der Waals surface area contributed by atoms with Gasteiger partial charge in [-0.2, -0.15) is 13.2 Å². The van der Waals surface area contributed by atoms with Crippen LogP contribution in [-0.2, 0) is 19.1 Å². The molecule has 0 unspecified atom stereocenters. The second-order valence-electron chi connectivity index (χ2n) is 7.41. The van der Waals surface area contributed by atoms with Gasteiger partial charge < -0.3 is 14.6 Å². The van der Waals surface area contributed by atoms with Crippen molar-refractivity contribution in [2.24, 2.45) is 0 Å². The van der Waals surface area contributed by atoms with Gasteiger partial charge in [0.2, 0.25) is 5.88 Å². The number of hydrogen-bond acceptors (Lipinski definition) is 7. The number of nitrogens with zero attached hydrogens (tertiary/aromatic N) is 6. The Morgan fingerprint density at radius 1 is 1.03 bits per heavy atom. The quantitative estimate of drug-likeness (QED) is 0.488. The van der Waals surface area contributed by atoms with Crippen molar-refractivity contribution < 1.29 is 22.7 Å². The Balaban J connectivity index is 1.33. The van der Waals surface area contributed by atoms with Crippen LogP contribution in [0.25, 0.3) is 11.6 Å². The van der Waals surface area contributed by atoms with Crippen LogP contribution in [-0.4, -0.2) is 47.3 Å². The average molecular weight is 467 g/mol. The number of aromatic amines is 1. The minimum absolute atomic E-state index is 0.208. The van der Waals surface area contributed by atoms with Crippen molar-refractivity contribution in [1.29, 1.82) is 0 Å². The van der Waals surface area contributed by atoms with E-state index in [1.807, 2.05) is 0 Å². The summed E-state index contributed by atoms with van der Waals surface area (Å²) < 4.78 is 44.1. The molecule has 0 saturated carbocycles. The van der Waals surface area contributed by atoms with Gasteiger partial charge in [0.15, 0.2) is 11.6 Å². The zero-order valence-corrected chi connectivity index (χ0v) is 17.5. The molecule has 4 heterocycles. The van der Waals surface area contributed by atoms with Gasteiger partial charge >= 0.3 is 6.18 Å². The van der Waals surface area contributed by atoms with Crippen LogP contribution in [0.15, 0.2) is 55.2 Å². The van der Waals surface area contributed by atoms with E-state index in [9.17, 15) is 18.0 Å². The second-order valence-corrected chi connectivity index (χ2v) is 7.41. The molecule has 9 nitrogen and oxygen atoms in total. The maximum Gasteiger partial charge on any atom is 0.416 e. The highest BCUT2D eigenvalue weighted by atomic mass is 19.4. The number of hydrogen-bond donors (Lipinski definition) is 1. The highest BCUT2D eigenvalue weighted by Crippen LogP contribution is 2.33. The van der Waals surface area contributed by atoms with E-state index in [0.29, 0.717) is 35.9 Å². The van der Waals surface area contributed by atoms with E-state index >= 15 is 0 Å². The van der Waals surface area contributed by atoms with Crippen molar-refractivity contribution in [2.75, 3.05) is 6.54 Å². The van der Waals surface area contributed by atoms with Crippen LogP contribution in [0.1, 0.15) is 27.3 Å². The molecular formula is C22H16F3N7O2. The summed E-state index contributed by atoms with van der Waals surface area (Å²) in [6.07, 6.45) is 1.98. The number of nitrogens with one attached hydrogen (secondary N) is 1. The normalized spacial score (nSPS) is 13.4. The van der Waals surface area contributed by atoms with Crippen LogP contribution in [0.3, 0.4) is 0 Å². The zero-order chi connectivity index (χ0) is 23.7. The Morgan fingerprint density at radius 3 is 2.59 bits per heavy atom. The summed E-state index contributed by atoms with van der Waals surface area (Å²) >= 11 is 0.